The summed E-state index contributed by atoms with van der Waals surface area (Å²) >= 11 is 0. The molecule has 2 aliphatic heterocycles. The maximum absolute atomic E-state index is 13.5. The first-order valence-electron chi connectivity index (χ1n) is 12.4. The van der Waals surface area contributed by atoms with Crippen LogP contribution in [0.25, 0.3) is 5.65 Å². The fraction of sp³-hybridized carbons (Fsp3) is 0.500. The zero-order valence-electron chi connectivity index (χ0n) is 19.8. The maximum atomic E-state index is 13.5. The molecule has 4 heterocycles. The lowest BCUT2D eigenvalue weighted by atomic mass is 9.95. The highest BCUT2D eigenvalue weighted by Gasteiger charge is 2.26. The molecule has 1 unspecified atom stereocenters. The summed E-state index contributed by atoms with van der Waals surface area (Å²) in [7, 11) is 0. The Bertz CT molecular complexity index is 1220. The first kappa shape index (κ1) is 22.7. The van der Waals surface area contributed by atoms with Crippen LogP contribution in [0.4, 0.5) is 0 Å². The summed E-state index contributed by atoms with van der Waals surface area (Å²) in [5.41, 5.74) is 2.41. The third-order valence-electron chi connectivity index (χ3n) is 7.05. The van der Waals surface area contributed by atoms with Crippen LogP contribution in [-0.2, 0) is 6.42 Å². The van der Waals surface area contributed by atoms with Crippen LogP contribution in [0.3, 0.4) is 0 Å². The highest BCUT2D eigenvalue weighted by Crippen LogP contribution is 2.23. The van der Waals surface area contributed by atoms with Crippen LogP contribution in [0.2, 0.25) is 0 Å². The topological polar surface area (TPSA) is 82.9 Å². The van der Waals surface area contributed by atoms with Gasteiger partial charge in [0.15, 0.2) is 5.65 Å². The van der Waals surface area contributed by atoms with Crippen LogP contribution >= 0.6 is 0 Å². The smallest absolute Gasteiger partial charge is 0.285 e. The maximum Gasteiger partial charge on any atom is 0.285 e. The normalized spacial score (nSPS) is 20.4. The molecule has 0 aliphatic carbocycles. The van der Waals surface area contributed by atoms with Gasteiger partial charge in [0.05, 0.1) is 6.61 Å². The molecule has 180 valence electrons. The molecule has 8 heteroatoms. The first-order valence-corrected chi connectivity index (χ1v) is 12.4. The lowest BCUT2D eigenvalue weighted by Gasteiger charge is -2.37. The summed E-state index contributed by atoms with van der Waals surface area (Å²) in [5.74, 6) is 0.616. The standard InChI is InChI=1S/C26H33N5O3/c1-19-16-24-27-18-23(26(33)31(24)28-19)25(32)30-12-5-15-34-22-8-4-6-20(17-22)9-10-21-7-2-3-11-29(21)13-14-30/h4,6,8,16-18,21,28H,2-3,5,7,9-15H2,1H3. The molecule has 1 fully saturated rings. The second-order valence-corrected chi connectivity index (χ2v) is 9.48. The molecule has 2 aliphatic rings. The van der Waals surface area contributed by atoms with Crippen molar-refractivity contribution in [2.75, 3.05) is 32.8 Å². The Labute approximate surface area is 199 Å². The number of nitrogens with zero attached hydrogens (tertiary/aromatic N) is 4. The Hall–Kier alpha value is -3.13. The molecule has 1 atom stereocenters. The fourth-order valence-corrected chi connectivity index (χ4v) is 5.21. The van der Waals surface area contributed by atoms with Crippen LogP contribution in [0.5, 0.6) is 5.75 Å². The van der Waals surface area contributed by atoms with Crippen LogP contribution in [0.1, 0.15) is 53.7 Å². The van der Waals surface area contributed by atoms with E-state index in [2.05, 4.69) is 33.2 Å². The minimum atomic E-state index is -0.355. The van der Waals surface area contributed by atoms with Gasteiger partial charge in [-0.1, -0.05) is 18.6 Å². The molecule has 2 bridgehead atoms. The Kier molecular flexibility index (Phi) is 6.67. The van der Waals surface area contributed by atoms with Gasteiger partial charge >= 0.3 is 0 Å². The van der Waals surface area contributed by atoms with E-state index in [0.717, 1.165) is 37.4 Å². The number of rotatable bonds is 1. The van der Waals surface area contributed by atoms with Gasteiger partial charge in [0.2, 0.25) is 0 Å². The summed E-state index contributed by atoms with van der Waals surface area (Å²) < 4.78 is 7.33. The minimum Gasteiger partial charge on any atom is -0.494 e. The molecular weight excluding hydrogens is 430 g/mol. The summed E-state index contributed by atoms with van der Waals surface area (Å²) in [6.07, 6.45) is 7.89. The largest absolute Gasteiger partial charge is 0.494 e. The van der Waals surface area contributed by atoms with Gasteiger partial charge in [0.25, 0.3) is 11.5 Å². The number of piperidine rings is 1. The Morgan fingerprint density at radius 2 is 2.00 bits per heavy atom. The Morgan fingerprint density at radius 1 is 1.09 bits per heavy atom. The first-order chi connectivity index (χ1) is 16.6. The number of hydrogen-bond donors (Lipinski definition) is 1. The Balaban J connectivity index is 1.39. The summed E-state index contributed by atoms with van der Waals surface area (Å²) in [4.78, 5) is 35.2. The number of nitrogens with one attached hydrogen (secondary N) is 1. The number of carbonyl (C=O) groups is 1. The monoisotopic (exact) mass is 463 g/mol. The Morgan fingerprint density at radius 3 is 2.91 bits per heavy atom. The molecule has 3 aromatic rings. The van der Waals surface area contributed by atoms with Crippen LogP contribution < -0.4 is 10.3 Å². The number of hydrogen-bond acceptors (Lipinski definition) is 5. The second kappa shape index (κ2) is 10.0. The van der Waals surface area contributed by atoms with Crippen molar-refractivity contribution in [2.24, 2.45) is 0 Å². The molecule has 0 saturated carbocycles. The molecule has 1 aromatic carbocycles. The highest BCUT2D eigenvalue weighted by atomic mass is 16.5. The second-order valence-electron chi connectivity index (χ2n) is 9.48. The van der Waals surface area contributed by atoms with Gasteiger partial charge in [-0.25, -0.2) is 9.50 Å². The van der Waals surface area contributed by atoms with Gasteiger partial charge in [-0.15, -0.1) is 0 Å². The molecule has 1 amide bonds. The van der Waals surface area contributed by atoms with E-state index in [4.69, 9.17) is 4.74 Å². The number of aromatic nitrogens is 3. The number of carbonyl (C=O) groups excluding carboxylic acids is 1. The van der Waals surface area contributed by atoms with Gasteiger partial charge in [-0.05, 0) is 63.3 Å². The number of H-pyrrole nitrogens is 1. The summed E-state index contributed by atoms with van der Waals surface area (Å²) in [5, 5.41) is 2.98. The average molecular weight is 464 g/mol. The third kappa shape index (κ3) is 4.87. The zero-order valence-corrected chi connectivity index (χ0v) is 19.8. The number of fused-ring (bicyclic) bond motifs is 4. The summed E-state index contributed by atoms with van der Waals surface area (Å²) in [6, 6.07) is 10.7. The van der Waals surface area contributed by atoms with Crippen molar-refractivity contribution >= 4 is 11.6 Å². The predicted octanol–water partition coefficient (Wildman–Crippen LogP) is 3.04. The summed E-state index contributed by atoms with van der Waals surface area (Å²) in [6.45, 7) is 5.38. The van der Waals surface area contributed by atoms with Crippen molar-refractivity contribution in [3.05, 3.63) is 63.7 Å². The number of aryl methyl sites for hydroxylation is 2. The van der Waals surface area contributed by atoms with Crippen LogP contribution in [-0.4, -0.2) is 69.1 Å². The van der Waals surface area contributed by atoms with Crippen molar-refractivity contribution in [1.82, 2.24) is 24.4 Å². The average Bonchev–Trinajstić information content (AvgIpc) is 3.24. The molecule has 1 N–H and O–H groups in total. The number of amides is 1. The lowest BCUT2D eigenvalue weighted by Crippen LogP contribution is -2.46. The number of ether oxygens (including phenoxy) is 1. The highest BCUT2D eigenvalue weighted by molar-refractivity contribution is 5.93. The van der Waals surface area contributed by atoms with Gasteiger partial charge in [0, 0.05) is 43.6 Å². The molecule has 1 saturated heterocycles. The van der Waals surface area contributed by atoms with E-state index in [1.54, 1.807) is 11.0 Å². The fourth-order valence-electron chi connectivity index (χ4n) is 5.21. The van der Waals surface area contributed by atoms with Crippen molar-refractivity contribution in [1.29, 1.82) is 0 Å². The van der Waals surface area contributed by atoms with Crippen molar-refractivity contribution in [3.8, 4) is 5.75 Å². The van der Waals surface area contributed by atoms with Crippen LogP contribution in [0.15, 0.2) is 41.3 Å². The number of benzene rings is 1. The molecular formula is C26H33N5O3. The molecule has 8 nitrogen and oxygen atoms in total. The van der Waals surface area contributed by atoms with Crippen molar-refractivity contribution in [3.63, 3.8) is 0 Å². The van der Waals surface area contributed by atoms with E-state index in [0.29, 0.717) is 37.8 Å². The molecule has 0 radical (unpaired) electrons. The van der Waals surface area contributed by atoms with Crippen LogP contribution in [0, 0.1) is 6.92 Å². The van der Waals surface area contributed by atoms with Gasteiger partial charge in [0.1, 0.15) is 11.3 Å². The minimum absolute atomic E-state index is 0.101. The van der Waals surface area contributed by atoms with E-state index in [1.165, 1.54) is 35.5 Å². The molecule has 2 aromatic heterocycles. The number of aromatic amines is 1. The molecule has 5 rings (SSSR count). The quantitative estimate of drug-likeness (QED) is 0.600. The van der Waals surface area contributed by atoms with E-state index in [1.807, 2.05) is 13.0 Å². The molecule has 34 heavy (non-hydrogen) atoms. The van der Waals surface area contributed by atoms with E-state index < -0.39 is 0 Å². The third-order valence-corrected chi connectivity index (χ3v) is 7.05. The SMILES string of the molecule is Cc1cc2ncc(C(=O)N3CCCOc4cccc(c4)CCC4CCCCN4CC3)c(=O)n2[nH]1. The predicted molar refractivity (Wildman–Crippen MR) is 131 cm³/mol. The van der Waals surface area contributed by atoms with E-state index in [-0.39, 0.29) is 17.0 Å². The van der Waals surface area contributed by atoms with Gasteiger partial charge < -0.3 is 9.64 Å². The molecule has 0 spiro atoms. The van der Waals surface area contributed by atoms with Crippen molar-refractivity contribution in [2.45, 2.75) is 51.5 Å². The van der Waals surface area contributed by atoms with Gasteiger partial charge in [-0.2, -0.15) is 0 Å². The lowest BCUT2D eigenvalue weighted by molar-refractivity contribution is 0.0680. The van der Waals surface area contributed by atoms with Crippen molar-refractivity contribution < 1.29 is 9.53 Å². The zero-order chi connectivity index (χ0) is 23.5. The van der Waals surface area contributed by atoms with Gasteiger partial charge in [-0.3, -0.25) is 19.6 Å². The van der Waals surface area contributed by atoms with E-state index >= 15 is 0 Å². The van der Waals surface area contributed by atoms with E-state index in [9.17, 15) is 9.59 Å².